The molecular formula is C14H29NO2. The van der Waals surface area contributed by atoms with Crippen molar-refractivity contribution in [3.05, 3.63) is 0 Å². The van der Waals surface area contributed by atoms with Crippen LogP contribution in [0.1, 0.15) is 40.0 Å². The third-order valence-corrected chi connectivity index (χ3v) is 3.48. The van der Waals surface area contributed by atoms with Crippen molar-refractivity contribution in [1.82, 2.24) is 5.32 Å². The highest BCUT2D eigenvalue weighted by Crippen LogP contribution is 2.17. The molecule has 102 valence electrons. The summed E-state index contributed by atoms with van der Waals surface area (Å²) in [6.45, 7) is 11.2. The van der Waals surface area contributed by atoms with E-state index in [1.54, 1.807) is 0 Å². The standard InChI is InChI=1S/C14H29NO2/c1-4-6-12(3)9-17-11-14(15-5-2)13-7-8-16-10-13/h12-15H,4-11H2,1-3H3. The summed E-state index contributed by atoms with van der Waals surface area (Å²) in [5.41, 5.74) is 0. The monoisotopic (exact) mass is 243 g/mol. The Morgan fingerprint density at radius 1 is 1.35 bits per heavy atom. The predicted octanol–water partition coefficient (Wildman–Crippen LogP) is 2.45. The van der Waals surface area contributed by atoms with Crippen LogP contribution < -0.4 is 5.32 Å². The van der Waals surface area contributed by atoms with Gasteiger partial charge in [0.25, 0.3) is 0 Å². The van der Waals surface area contributed by atoms with E-state index in [1.807, 2.05) is 0 Å². The molecule has 0 aliphatic carbocycles. The lowest BCUT2D eigenvalue weighted by Gasteiger charge is -2.24. The zero-order valence-corrected chi connectivity index (χ0v) is 11.7. The average molecular weight is 243 g/mol. The first-order valence-corrected chi connectivity index (χ1v) is 7.16. The number of hydrogen-bond acceptors (Lipinski definition) is 3. The van der Waals surface area contributed by atoms with Crippen LogP contribution in [-0.2, 0) is 9.47 Å². The minimum atomic E-state index is 0.469. The molecular weight excluding hydrogens is 214 g/mol. The Bertz CT molecular complexity index is 181. The smallest absolute Gasteiger partial charge is 0.0623 e. The largest absolute Gasteiger partial charge is 0.381 e. The fourth-order valence-corrected chi connectivity index (χ4v) is 2.47. The van der Waals surface area contributed by atoms with Gasteiger partial charge in [-0.15, -0.1) is 0 Å². The molecule has 0 aromatic heterocycles. The van der Waals surface area contributed by atoms with Gasteiger partial charge < -0.3 is 14.8 Å². The van der Waals surface area contributed by atoms with Gasteiger partial charge in [0.05, 0.1) is 13.2 Å². The number of nitrogens with one attached hydrogen (secondary N) is 1. The molecule has 3 nitrogen and oxygen atoms in total. The van der Waals surface area contributed by atoms with Gasteiger partial charge in [-0.1, -0.05) is 27.2 Å². The summed E-state index contributed by atoms with van der Waals surface area (Å²) < 4.78 is 11.3. The van der Waals surface area contributed by atoms with Crippen molar-refractivity contribution in [3.63, 3.8) is 0 Å². The molecule has 1 aliphatic rings. The second-order valence-electron chi connectivity index (χ2n) is 5.22. The zero-order valence-electron chi connectivity index (χ0n) is 11.7. The van der Waals surface area contributed by atoms with E-state index in [0.29, 0.717) is 17.9 Å². The van der Waals surface area contributed by atoms with Crippen molar-refractivity contribution in [2.45, 2.75) is 46.1 Å². The molecule has 0 radical (unpaired) electrons. The molecule has 3 atom stereocenters. The second kappa shape index (κ2) is 8.90. The van der Waals surface area contributed by atoms with Gasteiger partial charge >= 0.3 is 0 Å². The van der Waals surface area contributed by atoms with E-state index in [9.17, 15) is 0 Å². The Morgan fingerprint density at radius 2 is 2.18 bits per heavy atom. The maximum absolute atomic E-state index is 5.86. The highest BCUT2D eigenvalue weighted by Gasteiger charge is 2.25. The Morgan fingerprint density at radius 3 is 2.76 bits per heavy atom. The lowest BCUT2D eigenvalue weighted by molar-refractivity contribution is 0.0660. The van der Waals surface area contributed by atoms with Crippen molar-refractivity contribution < 1.29 is 9.47 Å². The topological polar surface area (TPSA) is 30.5 Å². The Kier molecular flexibility index (Phi) is 7.82. The Labute approximate surface area is 106 Å². The van der Waals surface area contributed by atoms with Crippen LogP contribution in [0.2, 0.25) is 0 Å². The molecule has 3 unspecified atom stereocenters. The molecule has 0 spiro atoms. The van der Waals surface area contributed by atoms with Gasteiger partial charge in [-0.2, -0.15) is 0 Å². The van der Waals surface area contributed by atoms with Crippen molar-refractivity contribution >= 4 is 0 Å². The van der Waals surface area contributed by atoms with Gasteiger partial charge in [0.2, 0.25) is 0 Å². The second-order valence-corrected chi connectivity index (χ2v) is 5.22. The third-order valence-electron chi connectivity index (χ3n) is 3.48. The quantitative estimate of drug-likeness (QED) is 0.675. The molecule has 0 saturated carbocycles. The van der Waals surface area contributed by atoms with Gasteiger partial charge in [0.15, 0.2) is 0 Å². The molecule has 1 rings (SSSR count). The zero-order chi connectivity index (χ0) is 12.5. The summed E-state index contributed by atoms with van der Waals surface area (Å²) in [5, 5.41) is 3.53. The average Bonchev–Trinajstić information content (AvgIpc) is 2.81. The lowest BCUT2D eigenvalue weighted by Crippen LogP contribution is -2.40. The van der Waals surface area contributed by atoms with E-state index in [-0.39, 0.29) is 0 Å². The van der Waals surface area contributed by atoms with Crippen LogP contribution in [0, 0.1) is 11.8 Å². The summed E-state index contributed by atoms with van der Waals surface area (Å²) in [5.74, 6) is 1.32. The minimum absolute atomic E-state index is 0.469. The summed E-state index contributed by atoms with van der Waals surface area (Å²) in [6.07, 6.45) is 3.68. The summed E-state index contributed by atoms with van der Waals surface area (Å²) >= 11 is 0. The fraction of sp³-hybridized carbons (Fsp3) is 1.00. The first-order chi connectivity index (χ1) is 8.27. The molecule has 3 heteroatoms. The molecule has 1 saturated heterocycles. The van der Waals surface area contributed by atoms with Gasteiger partial charge in [0, 0.05) is 25.2 Å². The molecule has 1 heterocycles. The molecule has 0 aromatic carbocycles. The molecule has 0 bridgehead atoms. The highest BCUT2D eigenvalue weighted by molar-refractivity contribution is 4.78. The van der Waals surface area contributed by atoms with E-state index in [2.05, 4.69) is 26.1 Å². The first-order valence-electron chi connectivity index (χ1n) is 7.16. The lowest BCUT2D eigenvalue weighted by atomic mass is 9.99. The Balaban J connectivity index is 2.19. The van der Waals surface area contributed by atoms with Crippen molar-refractivity contribution in [2.24, 2.45) is 11.8 Å². The van der Waals surface area contributed by atoms with Crippen molar-refractivity contribution in [1.29, 1.82) is 0 Å². The normalized spacial score (nSPS) is 23.8. The van der Waals surface area contributed by atoms with Crippen LogP contribution in [-0.4, -0.2) is 39.0 Å². The molecule has 1 N–H and O–H groups in total. The van der Waals surface area contributed by atoms with Gasteiger partial charge in [-0.05, 0) is 25.3 Å². The van der Waals surface area contributed by atoms with Crippen LogP contribution in [0.15, 0.2) is 0 Å². The van der Waals surface area contributed by atoms with Crippen molar-refractivity contribution in [3.8, 4) is 0 Å². The first kappa shape index (κ1) is 14.9. The van der Waals surface area contributed by atoms with E-state index in [0.717, 1.165) is 33.0 Å². The maximum atomic E-state index is 5.86. The maximum Gasteiger partial charge on any atom is 0.0623 e. The number of likely N-dealkylation sites (N-methyl/N-ethyl adjacent to an activating group) is 1. The molecule has 0 amide bonds. The summed E-state index contributed by atoms with van der Waals surface area (Å²) in [4.78, 5) is 0. The van der Waals surface area contributed by atoms with Crippen LogP contribution >= 0.6 is 0 Å². The fourth-order valence-electron chi connectivity index (χ4n) is 2.47. The van der Waals surface area contributed by atoms with Crippen LogP contribution in [0.25, 0.3) is 0 Å². The molecule has 0 aromatic rings. The van der Waals surface area contributed by atoms with Gasteiger partial charge in [-0.3, -0.25) is 0 Å². The molecule has 1 fully saturated rings. The van der Waals surface area contributed by atoms with E-state index in [4.69, 9.17) is 9.47 Å². The van der Waals surface area contributed by atoms with E-state index >= 15 is 0 Å². The number of rotatable bonds is 9. The van der Waals surface area contributed by atoms with E-state index < -0.39 is 0 Å². The van der Waals surface area contributed by atoms with E-state index in [1.165, 1.54) is 19.3 Å². The highest BCUT2D eigenvalue weighted by atomic mass is 16.5. The van der Waals surface area contributed by atoms with Crippen LogP contribution in [0.4, 0.5) is 0 Å². The minimum Gasteiger partial charge on any atom is -0.381 e. The Hall–Kier alpha value is -0.120. The number of hydrogen-bond donors (Lipinski definition) is 1. The van der Waals surface area contributed by atoms with Gasteiger partial charge in [0.1, 0.15) is 0 Å². The van der Waals surface area contributed by atoms with Crippen LogP contribution in [0.3, 0.4) is 0 Å². The van der Waals surface area contributed by atoms with Crippen molar-refractivity contribution in [2.75, 3.05) is 33.0 Å². The number of ether oxygens (including phenoxy) is 2. The van der Waals surface area contributed by atoms with Gasteiger partial charge in [-0.25, -0.2) is 0 Å². The molecule has 1 aliphatic heterocycles. The summed E-state index contributed by atoms with van der Waals surface area (Å²) in [7, 11) is 0. The third kappa shape index (κ3) is 5.84. The molecule has 17 heavy (non-hydrogen) atoms. The summed E-state index contributed by atoms with van der Waals surface area (Å²) in [6, 6.07) is 0.469. The van der Waals surface area contributed by atoms with Crippen LogP contribution in [0.5, 0.6) is 0 Å². The predicted molar refractivity (Wildman–Crippen MR) is 71.3 cm³/mol. The SMILES string of the molecule is CCCC(C)COCC(NCC)C1CCOC1.